The van der Waals surface area contributed by atoms with E-state index in [1.807, 2.05) is 28.2 Å². The molecule has 0 bridgehead atoms. The Balaban J connectivity index is 2.21. The van der Waals surface area contributed by atoms with E-state index in [1.54, 1.807) is 22.8 Å². The zero-order chi connectivity index (χ0) is 17.9. The van der Waals surface area contributed by atoms with Crippen LogP contribution in [0.4, 0.5) is 32.3 Å². The molecular weight excluding hydrogens is 311 g/mol. The third-order valence-electron chi connectivity index (χ3n) is 3.34. The lowest BCUT2D eigenvalue weighted by molar-refractivity contribution is 0.262. The van der Waals surface area contributed by atoms with E-state index in [9.17, 15) is 9.18 Å². The lowest BCUT2D eigenvalue weighted by atomic mass is 10.2. The number of amides is 2. The Bertz CT molecular complexity index is 747. The number of benzene rings is 1. The molecule has 0 unspecified atom stereocenters. The SMILES string of the molecule is Cc1c(F)cccc1NC(=O)Nc1cnc(N(C)C)nc1N(C)C. The van der Waals surface area contributed by atoms with Crippen molar-refractivity contribution in [2.24, 2.45) is 0 Å². The van der Waals surface area contributed by atoms with Crippen LogP contribution in [0.25, 0.3) is 0 Å². The number of anilines is 4. The van der Waals surface area contributed by atoms with E-state index in [0.29, 0.717) is 28.7 Å². The van der Waals surface area contributed by atoms with Gasteiger partial charge in [0, 0.05) is 39.4 Å². The Labute approximate surface area is 140 Å². The second-order valence-corrected chi connectivity index (χ2v) is 5.69. The largest absolute Gasteiger partial charge is 0.361 e. The second-order valence-electron chi connectivity index (χ2n) is 5.69. The maximum absolute atomic E-state index is 13.5. The highest BCUT2D eigenvalue weighted by Crippen LogP contribution is 2.24. The Morgan fingerprint density at radius 1 is 1.08 bits per heavy atom. The molecule has 2 N–H and O–H groups in total. The maximum atomic E-state index is 13.5. The second kappa shape index (κ2) is 7.12. The van der Waals surface area contributed by atoms with Crippen molar-refractivity contribution in [2.75, 3.05) is 48.6 Å². The molecule has 2 rings (SSSR count). The van der Waals surface area contributed by atoms with Crippen molar-refractivity contribution >= 4 is 29.2 Å². The van der Waals surface area contributed by atoms with Crippen molar-refractivity contribution in [3.05, 3.63) is 35.8 Å². The van der Waals surface area contributed by atoms with Gasteiger partial charge in [-0.1, -0.05) is 6.07 Å². The maximum Gasteiger partial charge on any atom is 0.323 e. The van der Waals surface area contributed by atoms with Gasteiger partial charge in [0.2, 0.25) is 5.95 Å². The van der Waals surface area contributed by atoms with Gasteiger partial charge in [-0.2, -0.15) is 4.98 Å². The Morgan fingerprint density at radius 2 is 1.75 bits per heavy atom. The van der Waals surface area contributed by atoms with Crippen LogP contribution < -0.4 is 20.4 Å². The Kier molecular flexibility index (Phi) is 5.18. The summed E-state index contributed by atoms with van der Waals surface area (Å²) in [4.78, 5) is 24.4. The number of halogens is 1. The topological polar surface area (TPSA) is 73.4 Å². The Morgan fingerprint density at radius 3 is 2.38 bits per heavy atom. The molecule has 1 aromatic heterocycles. The lowest BCUT2D eigenvalue weighted by Crippen LogP contribution is -2.24. The summed E-state index contributed by atoms with van der Waals surface area (Å²) >= 11 is 0. The molecule has 2 amide bonds. The van der Waals surface area contributed by atoms with Gasteiger partial charge in [0.05, 0.1) is 6.20 Å². The van der Waals surface area contributed by atoms with E-state index in [1.165, 1.54) is 18.3 Å². The van der Waals surface area contributed by atoms with Crippen molar-refractivity contribution in [3.8, 4) is 0 Å². The first-order valence-electron chi connectivity index (χ1n) is 7.34. The van der Waals surface area contributed by atoms with Crippen molar-refractivity contribution in [2.45, 2.75) is 6.92 Å². The molecule has 7 nitrogen and oxygen atoms in total. The summed E-state index contributed by atoms with van der Waals surface area (Å²) in [7, 11) is 7.31. The van der Waals surface area contributed by atoms with E-state index in [4.69, 9.17) is 0 Å². The first-order chi connectivity index (χ1) is 11.3. The molecule has 128 valence electrons. The molecule has 0 fully saturated rings. The van der Waals surface area contributed by atoms with Crippen LogP contribution in [0.5, 0.6) is 0 Å². The number of carbonyl (C=O) groups is 1. The van der Waals surface area contributed by atoms with Crippen molar-refractivity contribution in [1.29, 1.82) is 0 Å². The summed E-state index contributed by atoms with van der Waals surface area (Å²) in [6, 6.07) is 4.03. The fourth-order valence-corrected chi connectivity index (χ4v) is 2.03. The zero-order valence-electron chi connectivity index (χ0n) is 14.4. The van der Waals surface area contributed by atoms with Crippen LogP contribution in [0.15, 0.2) is 24.4 Å². The molecule has 2 aromatic rings. The standard InChI is InChI=1S/C16H21FN6O/c1-10-11(17)7-6-8-12(10)19-16(24)20-13-9-18-15(23(4)5)21-14(13)22(2)3/h6-9H,1-5H3,(H2,19,20,24). The van der Waals surface area contributed by atoms with Gasteiger partial charge in [-0.3, -0.25) is 0 Å². The van der Waals surface area contributed by atoms with Crippen molar-refractivity contribution in [1.82, 2.24) is 9.97 Å². The van der Waals surface area contributed by atoms with Gasteiger partial charge in [0.15, 0.2) is 5.82 Å². The van der Waals surface area contributed by atoms with E-state index in [-0.39, 0.29) is 5.82 Å². The normalized spacial score (nSPS) is 10.2. The number of urea groups is 1. The van der Waals surface area contributed by atoms with Crippen LogP contribution in [0.1, 0.15) is 5.56 Å². The molecule has 1 heterocycles. The number of hydrogen-bond donors (Lipinski definition) is 2. The molecule has 0 aliphatic carbocycles. The number of rotatable bonds is 4. The minimum absolute atomic E-state index is 0.375. The molecule has 0 spiro atoms. The van der Waals surface area contributed by atoms with Gasteiger partial charge >= 0.3 is 6.03 Å². The fourth-order valence-electron chi connectivity index (χ4n) is 2.03. The molecule has 1 aromatic carbocycles. The van der Waals surface area contributed by atoms with Crippen molar-refractivity contribution < 1.29 is 9.18 Å². The third-order valence-corrected chi connectivity index (χ3v) is 3.34. The number of aromatic nitrogens is 2. The number of hydrogen-bond acceptors (Lipinski definition) is 5. The van der Waals surface area contributed by atoms with Gasteiger partial charge < -0.3 is 20.4 Å². The summed E-state index contributed by atoms with van der Waals surface area (Å²) in [5, 5.41) is 5.32. The minimum Gasteiger partial charge on any atom is -0.361 e. The van der Waals surface area contributed by atoms with E-state index in [2.05, 4.69) is 20.6 Å². The minimum atomic E-state index is -0.493. The summed E-state index contributed by atoms with van der Waals surface area (Å²) in [6.07, 6.45) is 1.54. The highest BCUT2D eigenvalue weighted by molar-refractivity contribution is 6.01. The van der Waals surface area contributed by atoms with Crippen LogP contribution >= 0.6 is 0 Å². The van der Waals surface area contributed by atoms with Gasteiger partial charge in [-0.15, -0.1) is 0 Å². The van der Waals surface area contributed by atoms with Crippen LogP contribution in [0.3, 0.4) is 0 Å². The highest BCUT2D eigenvalue weighted by atomic mass is 19.1. The summed E-state index contributed by atoms with van der Waals surface area (Å²) < 4.78 is 13.5. The molecule has 0 aliphatic rings. The lowest BCUT2D eigenvalue weighted by Gasteiger charge is -2.19. The molecule has 0 atom stereocenters. The monoisotopic (exact) mass is 332 g/mol. The zero-order valence-corrected chi connectivity index (χ0v) is 14.4. The van der Waals surface area contributed by atoms with Crippen LogP contribution in [0.2, 0.25) is 0 Å². The molecule has 0 aliphatic heterocycles. The van der Waals surface area contributed by atoms with Crippen LogP contribution in [-0.2, 0) is 0 Å². The summed E-state index contributed by atoms with van der Waals surface area (Å²) in [5.41, 5.74) is 1.24. The van der Waals surface area contributed by atoms with Gasteiger partial charge in [0.25, 0.3) is 0 Å². The molecule has 0 radical (unpaired) electrons. The van der Waals surface area contributed by atoms with E-state index < -0.39 is 6.03 Å². The van der Waals surface area contributed by atoms with E-state index in [0.717, 1.165) is 0 Å². The third kappa shape index (κ3) is 3.89. The predicted octanol–water partition coefficient (Wildman–Crippen LogP) is 2.70. The number of carbonyl (C=O) groups excluding carboxylic acids is 1. The molecule has 0 saturated carbocycles. The van der Waals surface area contributed by atoms with E-state index >= 15 is 0 Å². The summed E-state index contributed by atoms with van der Waals surface area (Å²) in [5.74, 6) is 0.728. The van der Waals surface area contributed by atoms with Gasteiger partial charge in [-0.25, -0.2) is 14.2 Å². The quantitative estimate of drug-likeness (QED) is 0.900. The van der Waals surface area contributed by atoms with Gasteiger partial charge in [0.1, 0.15) is 11.5 Å². The number of nitrogens with one attached hydrogen (secondary N) is 2. The molecule has 8 heteroatoms. The first-order valence-corrected chi connectivity index (χ1v) is 7.34. The average molecular weight is 332 g/mol. The fraction of sp³-hybridized carbons (Fsp3) is 0.312. The number of nitrogens with zero attached hydrogens (tertiary/aromatic N) is 4. The van der Waals surface area contributed by atoms with Crippen molar-refractivity contribution in [3.63, 3.8) is 0 Å². The van der Waals surface area contributed by atoms with Crippen LogP contribution in [0, 0.1) is 12.7 Å². The Hall–Kier alpha value is -2.90. The van der Waals surface area contributed by atoms with Crippen LogP contribution in [-0.4, -0.2) is 44.2 Å². The average Bonchev–Trinajstić information content (AvgIpc) is 2.51. The smallest absolute Gasteiger partial charge is 0.323 e. The molecule has 24 heavy (non-hydrogen) atoms. The highest BCUT2D eigenvalue weighted by Gasteiger charge is 2.14. The summed E-state index contributed by atoms with van der Waals surface area (Å²) in [6.45, 7) is 1.60. The first kappa shape index (κ1) is 17.5. The van der Waals surface area contributed by atoms with Gasteiger partial charge in [-0.05, 0) is 19.1 Å². The predicted molar refractivity (Wildman–Crippen MR) is 94.5 cm³/mol. The molecular formula is C16H21FN6O. The molecule has 0 saturated heterocycles.